The van der Waals surface area contributed by atoms with Crippen LogP contribution in [0.1, 0.15) is 5.56 Å². The van der Waals surface area contributed by atoms with E-state index in [0.717, 1.165) is 10.9 Å². The second-order valence-electron chi connectivity index (χ2n) is 5.77. The minimum Gasteiger partial charge on any atom is -0.337 e. The van der Waals surface area contributed by atoms with Gasteiger partial charge in [0.15, 0.2) is 0 Å². The first-order valence-corrected chi connectivity index (χ1v) is 9.14. The van der Waals surface area contributed by atoms with Crippen LogP contribution < -0.4 is 0 Å². The summed E-state index contributed by atoms with van der Waals surface area (Å²) < 4.78 is 27.4. The summed E-state index contributed by atoms with van der Waals surface area (Å²) in [5, 5.41) is 0.802. The van der Waals surface area contributed by atoms with Crippen molar-refractivity contribution in [2.75, 3.05) is 26.2 Å². The molecule has 126 valence electrons. The smallest absolute Gasteiger partial charge is 0.246 e. The maximum Gasteiger partial charge on any atom is 0.246 e. The molecule has 0 saturated carbocycles. The van der Waals surface area contributed by atoms with Crippen LogP contribution in [0.4, 0.5) is 0 Å². The molecule has 7 heteroatoms. The van der Waals surface area contributed by atoms with Crippen LogP contribution in [0.5, 0.6) is 0 Å². The number of sulfonamides is 1. The van der Waals surface area contributed by atoms with Crippen LogP contribution >= 0.6 is 0 Å². The molecule has 0 radical (unpaired) electrons. The van der Waals surface area contributed by atoms with E-state index in [-0.39, 0.29) is 23.9 Å². The van der Waals surface area contributed by atoms with E-state index in [1.54, 1.807) is 23.2 Å². The molecule has 1 aromatic carbocycles. The molecule has 0 aliphatic carbocycles. The third kappa shape index (κ3) is 2.92. The van der Waals surface area contributed by atoms with Gasteiger partial charge in [-0.15, -0.1) is 0 Å². The van der Waals surface area contributed by atoms with Gasteiger partial charge >= 0.3 is 0 Å². The molecule has 1 fully saturated rings. The Labute approximate surface area is 141 Å². The van der Waals surface area contributed by atoms with Crippen molar-refractivity contribution >= 4 is 26.8 Å². The minimum absolute atomic E-state index is 0.172. The summed E-state index contributed by atoms with van der Waals surface area (Å²) in [6, 6.07) is 7.09. The van der Waals surface area contributed by atoms with Crippen molar-refractivity contribution in [1.82, 2.24) is 14.2 Å². The van der Waals surface area contributed by atoms with Crippen molar-refractivity contribution in [3.63, 3.8) is 0 Å². The second-order valence-corrected chi connectivity index (χ2v) is 7.68. The lowest BCUT2D eigenvalue weighted by Gasteiger charge is -2.33. The van der Waals surface area contributed by atoms with Crippen LogP contribution in [0.2, 0.25) is 0 Å². The van der Waals surface area contributed by atoms with E-state index in [4.69, 9.17) is 0 Å². The third-order valence-corrected chi connectivity index (χ3v) is 6.08. The average Bonchev–Trinajstić information content (AvgIpc) is 2.60. The van der Waals surface area contributed by atoms with Gasteiger partial charge in [-0.1, -0.05) is 18.7 Å². The van der Waals surface area contributed by atoms with Crippen molar-refractivity contribution in [2.24, 2.45) is 0 Å². The molecule has 0 bridgehead atoms. The van der Waals surface area contributed by atoms with Crippen LogP contribution in [0, 0.1) is 6.92 Å². The van der Waals surface area contributed by atoms with Gasteiger partial charge in [-0.05, 0) is 30.7 Å². The highest BCUT2D eigenvalue weighted by Crippen LogP contribution is 2.25. The number of carbonyl (C=O) groups excluding carboxylic acids is 1. The Morgan fingerprint density at radius 3 is 2.62 bits per heavy atom. The first-order valence-electron chi connectivity index (χ1n) is 7.70. The fourth-order valence-corrected chi connectivity index (χ4v) is 4.46. The Hall–Kier alpha value is -2.25. The maximum absolute atomic E-state index is 13.0. The minimum atomic E-state index is -3.65. The fraction of sp³-hybridized carbons (Fsp3) is 0.294. The Morgan fingerprint density at radius 1 is 1.25 bits per heavy atom. The zero-order valence-corrected chi connectivity index (χ0v) is 14.3. The zero-order chi connectivity index (χ0) is 17.3. The molecule has 0 atom stereocenters. The van der Waals surface area contributed by atoms with E-state index in [2.05, 4.69) is 11.6 Å². The Kier molecular flexibility index (Phi) is 4.38. The van der Waals surface area contributed by atoms with E-state index in [9.17, 15) is 13.2 Å². The van der Waals surface area contributed by atoms with Gasteiger partial charge in [-0.3, -0.25) is 9.78 Å². The van der Waals surface area contributed by atoms with E-state index in [1.165, 1.54) is 10.4 Å². The normalized spacial score (nSPS) is 16.3. The molecule has 2 heterocycles. The Bertz CT molecular complexity index is 900. The number of benzene rings is 1. The summed E-state index contributed by atoms with van der Waals surface area (Å²) in [4.78, 5) is 17.8. The van der Waals surface area contributed by atoms with Gasteiger partial charge in [0.2, 0.25) is 15.9 Å². The van der Waals surface area contributed by atoms with Gasteiger partial charge in [0.1, 0.15) is 4.90 Å². The van der Waals surface area contributed by atoms with E-state index >= 15 is 0 Å². The van der Waals surface area contributed by atoms with Crippen LogP contribution in [-0.2, 0) is 14.8 Å². The summed E-state index contributed by atoms with van der Waals surface area (Å²) in [5.41, 5.74) is 1.46. The number of fused-ring (bicyclic) bond motifs is 1. The number of amides is 1. The topological polar surface area (TPSA) is 70.6 Å². The molecule has 0 spiro atoms. The molecule has 1 aliphatic heterocycles. The van der Waals surface area contributed by atoms with Crippen molar-refractivity contribution < 1.29 is 13.2 Å². The number of hydrogen-bond donors (Lipinski definition) is 0. The molecule has 6 nitrogen and oxygen atoms in total. The molecule has 1 amide bonds. The number of pyridine rings is 1. The molecule has 3 rings (SSSR count). The number of aromatic nitrogens is 1. The van der Waals surface area contributed by atoms with Crippen molar-refractivity contribution in [2.45, 2.75) is 11.8 Å². The Morgan fingerprint density at radius 2 is 1.96 bits per heavy atom. The van der Waals surface area contributed by atoms with Gasteiger partial charge in [0, 0.05) is 37.8 Å². The molecule has 1 aliphatic rings. The predicted octanol–water partition coefficient (Wildman–Crippen LogP) is 1.56. The van der Waals surface area contributed by atoms with Gasteiger partial charge in [0.25, 0.3) is 0 Å². The molecular formula is C17H19N3O3S. The van der Waals surface area contributed by atoms with Crippen LogP contribution in [0.3, 0.4) is 0 Å². The highest BCUT2D eigenvalue weighted by atomic mass is 32.2. The standard InChI is InChI=1S/C17H19N3O3S/c1-3-16(21)19-7-9-20(10-8-19)24(22,23)15-6-4-5-14-11-13(2)12-18-17(14)15/h3-6,11-12H,1,7-10H2,2H3. The van der Waals surface area contributed by atoms with Gasteiger partial charge in [-0.25, -0.2) is 8.42 Å². The predicted molar refractivity (Wildman–Crippen MR) is 92.0 cm³/mol. The molecule has 0 N–H and O–H groups in total. The van der Waals surface area contributed by atoms with Crippen LogP contribution in [-0.4, -0.2) is 54.7 Å². The van der Waals surface area contributed by atoms with Crippen LogP contribution in [0.25, 0.3) is 10.9 Å². The van der Waals surface area contributed by atoms with Crippen LogP contribution in [0.15, 0.2) is 48.0 Å². The van der Waals surface area contributed by atoms with E-state index in [1.807, 2.05) is 19.1 Å². The quantitative estimate of drug-likeness (QED) is 0.792. The Balaban J connectivity index is 1.92. The first kappa shape index (κ1) is 16.6. The van der Waals surface area contributed by atoms with Crippen molar-refractivity contribution in [1.29, 1.82) is 0 Å². The summed E-state index contributed by atoms with van der Waals surface area (Å²) in [6.45, 7) is 6.64. The number of carbonyl (C=O) groups is 1. The molecule has 1 aromatic heterocycles. The molecule has 0 unspecified atom stereocenters. The molecule has 24 heavy (non-hydrogen) atoms. The lowest BCUT2D eigenvalue weighted by molar-refractivity contribution is -0.127. The summed E-state index contributed by atoms with van der Waals surface area (Å²) in [5.74, 6) is -0.172. The number of para-hydroxylation sites is 1. The number of rotatable bonds is 3. The lowest BCUT2D eigenvalue weighted by Crippen LogP contribution is -2.50. The van der Waals surface area contributed by atoms with E-state index < -0.39 is 10.0 Å². The lowest BCUT2D eigenvalue weighted by atomic mass is 10.2. The van der Waals surface area contributed by atoms with Gasteiger partial charge in [-0.2, -0.15) is 4.31 Å². The van der Waals surface area contributed by atoms with E-state index in [0.29, 0.717) is 18.6 Å². The number of hydrogen-bond acceptors (Lipinski definition) is 4. The average molecular weight is 345 g/mol. The molecule has 1 saturated heterocycles. The maximum atomic E-state index is 13.0. The summed E-state index contributed by atoms with van der Waals surface area (Å²) in [6.07, 6.45) is 2.92. The number of nitrogens with zero attached hydrogens (tertiary/aromatic N) is 3. The zero-order valence-electron chi connectivity index (χ0n) is 13.5. The van der Waals surface area contributed by atoms with Gasteiger partial charge < -0.3 is 4.90 Å². The van der Waals surface area contributed by atoms with Gasteiger partial charge in [0.05, 0.1) is 5.52 Å². The highest BCUT2D eigenvalue weighted by Gasteiger charge is 2.30. The number of piperazine rings is 1. The first-order chi connectivity index (χ1) is 11.4. The fourth-order valence-electron chi connectivity index (χ4n) is 2.87. The third-order valence-electron chi connectivity index (χ3n) is 4.15. The monoisotopic (exact) mass is 345 g/mol. The van der Waals surface area contributed by atoms with Crippen molar-refractivity contribution in [3.8, 4) is 0 Å². The SMILES string of the molecule is C=CC(=O)N1CCN(S(=O)(=O)c2cccc3cc(C)cnc23)CC1. The second kappa shape index (κ2) is 6.33. The van der Waals surface area contributed by atoms with Crippen molar-refractivity contribution in [3.05, 3.63) is 48.7 Å². The molecule has 2 aromatic rings. The highest BCUT2D eigenvalue weighted by molar-refractivity contribution is 7.89. The summed E-state index contributed by atoms with van der Waals surface area (Å²) >= 11 is 0. The number of aryl methyl sites for hydroxylation is 1. The largest absolute Gasteiger partial charge is 0.337 e. The summed E-state index contributed by atoms with van der Waals surface area (Å²) in [7, 11) is -3.65. The molecular weight excluding hydrogens is 326 g/mol.